The summed E-state index contributed by atoms with van der Waals surface area (Å²) in [5, 5.41) is 2.39. The summed E-state index contributed by atoms with van der Waals surface area (Å²) in [6, 6.07) is 2.67. The van der Waals surface area contributed by atoms with E-state index in [0.717, 1.165) is 32.1 Å². The number of carbonyl (C=O) groups is 2. The number of benzene rings is 1. The number of hydrogen-bond donors (Lipinski definition) is 1. The first-order chi connectivity index (χ1) is 13.3. The minimum Gasteiger partial charge on any atom is -0.462 e. The zero-order chi connectivity index (χ0) is 21.1. The van der Waals surface area contributed by atoms with Gasteiger partial charge >= 0.3 is 5.97 Å². The number of amides is 1. The molecular formula is C21H31ClFNO3S. The van der Waals surface area contributed by atoms with Crippen molar-refractivity contribution in [2.45, 2.75) is 88.9 Å². The Hall–Kier alpha value is -1.27. The Morgan fingerprint density at radius 3 is 2.54 bits per heavy atom. The van der Waals surface area contributed by atoms with Gasteiger partial charge in [0.25, 0.3) is 0 Å². The third-order valence-electron chi connectivity index (χ3n) is 4.28. The zero-order valence-electron chi connectivity index (χ0n) is 17.1. The van der Waals surface area contributed by atoms with Gasteiger partial charge in [0.05, 0.1) is 16.8 Å². The maximum Gasteiger partial charge on any atom is 0.319 e. The lowest BCUT2D eigenvalue weighted by Gasteiger charge is -2.19. The van der Waals surface area contributed by atoms with E-state index in [1.807, 2.05) is 20.8 Å². The molecule has 158 valence electrons. The van der Waals surface area contributed by atoms with E-state index < -0.39 is 11.1 Å². The first-order valence-corrected chi connectivity index (χ1v) is 11.2. The van der Waals surface area contributed by atoms with E-state index in [-0.39, 0.29) is 28.7 Å². The summed E-state index contributed by atoms with van der Waals surface area (Å²) in [5.41, 5.74) is 0.0824. The van der Waals surface area contributed by atoms with Crippen LogP contribution in [0.1, 0.15) is 72.6 Å². The SMILES string of the molecule is CCCCCC(=O)Nc1cc(SC(CCC)C(=O)OC(C)CC)c(Cl)cc1F. The molecule has 0 bridgehead atoms. The van der Waals surface area contributed by atoms with Gasteiger partial charge in [-0.15, -0.1) is 11.8 Å². The Balaban J connectivity index is 2.92. The summed E-state index contributed by atoms with van der Waals surface area (Å²) in [4.78, 5) is 25.0. The van der Waals surface area contributed by atoms with E-state index >= 15 is 0 Å². The summed E-state index contributed by atoms with van der Waals surface area (Å²) in [6.45, 7) is 7.84. The molecule has 1 rings (SSSR count). The number of esters is 1. The Morgan fingerprint density at radius 2 is 1.93 bits per heavy atom. The van der Waals surface area contributed by atoms with Crippen LogP contribution in [-0.2, 0) is 14.3 Å². The van der Waals surface area contributed by atoms with Gasteiger partial charge in [0, 0.05) is 11.3 Å². The molecule has 0 aliphatic carbocycles. The van der Waals surface area contributed by atoms with Crippen LogP contribution >= 0.6 is 23.4 Å². The van der Waals surface area contributed by atoms with Crippen LogP contribution in [-0.4, -0.2) is 23.2 Å². The Kier molecular flexibility index (Phi) is 11.5. The monoisotopic (exact) mass is 431 g/mol. The third-order valence-corrected chi connectivity index (χ3v) is 6.01. The van der Waals surface area contributed by atoms with Crippen molar-refractivity contribution in [2.24, 2.45) is 0 Å². The molecule has 4 nitrogen and oxygen atoms in total. The van der Waals surface area contributed by atoms with Crippen molar-refractivity contribution >= 4 is 40.9 Å². The second-order valence-corrected chi connectivity index (χ2v) is 8.47. The summed E-state index contributed by atoms with van der Waals surface area (Å²) in [5.74, 6) is -1.12. The molecule has 0 aliphatic heterocycles. The molecule has 28 heavy (non-hydrogen) atoms. The fourth-order valence-electron chi connectivity index (χ4n) is 2.46. The maximum atomic E-state index is 14.2. The van der Waals surface area contributed by atoms with E-state index in [4.69, 9.17) is 16.3 Å². The van der Waals surface area contributed by atoms with Crippen LogP contribution in [0.15, 0.2) is 17.0 Å². The van der Waals surface area contributed by atoms with Crippen LogP contribution in [0.4, 0.5) is 10.1 Å². The smallest absolute Gasteiger partial charge is 0.319 e. The minimum absolute atomic E-state index is 0.0824. The summed E-state index contributed by atoms with van der Waals surface area (Å²) in [6.07, 6.45) is 5.07. The van der Waals surface area contributed by atoms with E-state index in [2.05, 4.69) is 12.2 Å². The minimum atomic E-state index is -0.590. The van der Waals surface area contributed by atoms with Crippen molar-refractivity contribution in [3.05, 3.63) is 23.0 Å². The summed E-state index contributed by atoms with van der Waals surface area (Å²) < 4.78 is 19.7. The number of ether oxygens (including phenoxy) is 1. The maximum absolute atomic E-state index is 14.2. The van der Waals surface area contributed by atoms with Gasteiger partial charge in [0.15, 0.2) is 0 Å². The van der Waals surface area contributed by atoms with E-state index in [1.165, 1.54) is 23.9 Å². The quantitative estimate of drug-likeness (QED) is 0.230. The molecule has 1 N–H and O–H groups in total. The third kappa shape index (κ3) is 8.39. The molecule has 0 heterocycles. The number of nitrogens with one attached hydrogen (secondary N) is 1. The Morgan fingerprint density at radius 1 is 1.21 bits per heavy atom. The lowest BCUT2D eigenvalue weighted by Crippen LogP contribution is -2.24. The van der Waals surface area contributed by atoms with Crippen LogP contribution in [0.2, 0.25) is 5.02 Å². The number of anilines is 1. The topological polar surface area (TPSA) is 55.4 Å². The second kappa shape index (κ2) is 13.0. The van der Waals surface area contributed by atoms with Crippen molar-refractivity contribution in [1.29, 1.82) is 0 Å². The lowest BCUT2D eigenvalue weighted by atomic mass is 10.2. The molecule has 0 spiro atoms. The van der Waals surface area contributed by atoms with Crippen LogP contribution < -0.4 is 5.32 Å². The molecule has 7 heteroatoms. The van der Waals surface area contributed by atoms with Crippen LogP contribution in [0.5, 0.6) is 0 Å². The fourth-order valence-corrected chi connectivity index (χ4v) is 3.91. The molecule has 2 unspecified atom stereocenters. The van der Waals surface area contributed by atoms with E-state index in [1.54, 1.807) is 0 Å². The van der Waals surface area contributed by atoms with Gasteiger partial charge in [-0.25, -0.2) is 4.39 Å². The molecular weight excluding hydrogens is 401 g/mol. The van der Waals surface area contributed by atoms with E-state index in [9.17, 15) is 14.0 Å². The number of rotatable bonds is 12. The van der Waals surface area contributed by atoms with Crippen LogP contribution in [0.3, 0.4) is 0 Å². The standard InChI is InChI=1S/C21H31ClFNO3S/c1-5-8-9-11-20(25)24-17-13-19(15(22)12-16(17)23)28-18(10-6-2)21(26)27-14(4)7-3/h12-14,18H,5-11H2,1-4H3,(H,24,25). The summed E-state index contributed by atoms with van der Waals surface area (Å²) >= 11 is 7.44. The van der Waals surface area contributed by atoms with Crippen molar-refractivity contribution < 1.29 is 18.7 Å². The number of unbranched alkanes of at least 4 members (excludes halogenated alkanes) is 2. The molecule has 0 aromatic heterocycles. The molecule has 0 saturated heterocycles. The highest BCUT2D eigenvalue weighted by Gasteiger charge is 2.24. The van der Waals surface area contributed by atoms with Crippen LogP contribution in [0.25, 0.3) is 0 Å². The van der Waals surface area contributed by atoms with Gasteiger partial charge in [-0.2, -0.15) is 0 Å². The molecule has 2 atom stereocenters. The lowest BCUT2D eigenvalue weighted by molar-refractivity contribution is -0.147. The molecule has 1 amide bonds. The van der Waals surface area contributed by atoms with Crippen molar-refractivity contribution in [1.82, 2.24) is 0 Å². The first-order valence-electron chi connectivity index (χ1n) is 9.98. The number of halogens is 2. The fraction of sp³-hybridized carbons (Fsp3) is 0.619. The summed E-state index contributed by atoms with van der Waals surface area (Å²) in [7, 11) is 0. The highest BCUT2D eigenvalue weighted by Crippen LogP contribution is 2.36. The van der Waals surface area contributed by atoms with Gasteiger partial charge in [-0.1, -0.05) is 51.6 Å². The average Bonchev–Trinajstić information content (AvgIpc) is 2.65. The Labute approximate surface area is 176 Å². The van der Waals surface area contributed by atoms with Gasteiger partial charge in [-0.3, -0.25) is 9.59 Å². The van der Waals surface area contributed by atoms with Crippen molar-refractivity contribution in [2.75, 3.05) is 5.32 Å². The van der Waals surface area contributed by atoms with Gasteiger partial charge in [0.2, 0.25) is 5.91 Å². The number of thioether (sulfide) groups is 1. The zero-order valence-corrected chi connectivity index (χ0v) is 18.7. The van der Waals surface area contributed by atoms with Crippen molar-refractivity contribution in [3.63, 3.8) is 0 Å². The van der Waals surface area contributed by atoms with E-state index in [0.29, 0.717) is 17.7 Å². The Bertz CT molecular complexity index is 657. The second-order valence-electron chi connectivity index (χ2n) is 6.82. The molecule has 1 aromatic rings. The largest absolute Gasteiger partial charge is 0.462 e. The molecule has 0 aliphatic rings. The van der Waals surface area contributed by atoms with Gasteiger partial charge in [0.1, 0.15) is 11.1 Å². The number of hydrogen-bond acceptors (Lipinski definition) is 4. The normalized spacial score (nSPS) is 13.1. The highest BCUT2D eigenvalue weighted by atomic mass is 35.5. The molecule has 0 fully saturated rings. The predicted molar refractivity (Wildman–Crippen MR) is 115 cm³/mol. The first kappa shape index (κ1) is 24.8. The molecule has 0 saturated carbocycles. The van der Waals surface area contributed by atoms with Gasteiger partial charge < -0.3 is 10.1 Å². The predicted octanol–water partition coefficient (Wildman–Crippen LogP) is 6.60. The van der Waals surface area contributed by atoms with Crippen LogP contribution in [0, 0.1) is 5.82 Å². The highest BCUT2D eigenvalue weighted by molar-refractivity contribution is 8.00. The van der Waals surface area contributed by atoms with Gasteiger partial charge in [-0.05, 0) is 38.3 Å². The average molecular weight is 432 g/mol. The molecule has 0 radical (unpaired) electrons. The van der Waals surface area contributed by atoms with Crippen molar-refractivity contribution in [3.8, 4) is 0 Å². The molecule has 1 aromatic carbocycles. The number of carbonyl (C=O) groups excluding carboxylic acids is 2.